The van der Waals surface area contributed by atoms with Crippen molar-refractivity contribution in [2.45, 2.75) is 38.7 Å². The lowest BCUT2D eigenvalue weighted by Crippen LogP contribution is -2.30. The van der Waals surface area contributed by atoms with Gasteiger partial charge in [-0.3, -0.25) is 9.78 Å². The summed E-state index contributed by atoms with van der Waals surface area (Å²) in [7, 11) is 1.56. The summed E-state index contributed by atoms with van der Waals surface area (Å²) < 4.78 is 10.8. The van der Waals surface area contributed by atoms with E-state index in [0.717, 1.165) is 47.8 Å². The Balaban J connectivity index is 1.57. The number of nitrogens with zero attached hydrogens (tertiary/aromatic N) is 1. The maximum Gasteiger partial charge on any atom is 0.339 e. The lowest BCUT2D eigenvalue weighted by atomic mass is 9.90. The smallest absolute Gasteiger partial charge is 0.339 e. The number of amides is 1. The molecular weight excluding hydrogens is 380 g/mol. The van der Waals surface area contributed by atoms with Crippen LogP contribution in [-0.4, -0.2) is 30.1 Å². The van der Waals surface area contributed by atoms with Crippen LogP contribution in [0.15, 0.2) is 48.5 Å². The highest BCUT2D eigenvalue weighted by atomic mass is 16.5. The fourth-order valence-corrected chi connectivity index (χ4v) is 3.82. The number of aromatic nitrogens is 1. The van der Waals surface area contributed by atoms with Gasteiger partial charge in [0.25, 0.3) is 5.91 Å². The lowest BCUT2D eigenvalue weighted by molar-refractivity contribution is -0.123. The summed E-state index contributed by atoms with van der Waals surface area (Å²) in [4.78, 5) is 30.5. The first-order valence-corrected chi connectivity index (χ1v) is 10.1. The number of hydrogen-bond acceptors (Lipinski definition) is 5. The van der Waals surface area contributed by atoms with Gasteiger partial charge >= 0.3 is 5.97 Å². The zero-order valence-electron chi connectivity index (χ0n) is 17.1. The number of ether oxygens (including phenoxy) is 2. The molecule has 1 amide bonds. The first-order chi connectivity index (χ1) is 14.6. The van der Waals surface area contributed by atoms with Crippen molar-refractivity contribution in [1.29, 1.82) is 0 Å². The monoisotopic (exact) mass is 404 g/mol. The molecule has 6 heteroatoms. The van der Waals surface area contributed by atoms with E-state index in [1.54, 1.807) is 38.3 Å². The summed E-state index contributed by atoms with van der Waals surface area (Å²) in [6.07, 6.45) is 2.77. The van der Waals surface area contributed by atoms with E-state index in [0.29, 0.717) is 17.0 Å². The van der Waals surface area contributed by atoms with Gasteiger partial charge in [-0.1, -0.05) is 24.3 Å². The summed E-state index contributed by atoms with van der Waals surface area (Å²) in [5.74, 6) is -0.254. The summed E-state index contributed by atoms with van der Waals surface area (Å²) in [5, 5.41) is 3.53. The molecule has 6 nitrogen and oxygen atoms in total. The Bertz CT molecular complexity index is 1110. The molecule has 2 aromatic carbocycles. The van der Waals surface area contributed by atoms with Crippen molar-refractivity contribution in [1.82, 2.24) is 4.98 Å². The third-order valence-electron chi connectivity index (χ3n) is 5.36. The van der Waals surface area contributed by atoms with Gasteiger partial charge in [-0.25, -0.2) is 4.79 Å². The van der Waals surface area contributed by atoms with Crippen LogP contribution >= 0.6 is 0 Å². The Labute approximate surface area is 175 Å². The van der Waals surface area contributed by atoms with Crippen LogP contribution in [0, 0.1) is 0 Å². The van der Waals surface area contributed by atoms with E-state index in [1.807, 2.05) is 24.3 Å². The number of pyridine rings is 1. The quantitative estimate of drug-likeness (QED) is 0.642. The van der Waals surface area contributed by atoms with Crippen molar-refractivity contribution in [3.63, 3.8) is 0 Å². The summed E-state index contributed by atoms with van der Waals surface area (Å²) >= 11 is 0. The van der Waals surface area contributed by atoms with E-state index < -0.39 is 18.0 Å². The summed E-state index contributed by atoms with van der Waals surface area (Å²) in [6, 6.07) is 14.6. The zero-order valence-corrected chi connectivity index (χ0v) is 17.1. The zero-order chi connectivity index (χ0) is 21.1. The topological polar surface area (TPSA) is 77.5 Å². The molecule has 1 atom stereocenters. The van der Waals surface area contributed by atoms with E-state index in [2.05, 4.69) is 5.32 Å². The average molecular weight is 404 g/mol. The number of fused-ring (bicyclic) bond motifs is 2. The van der Waals surface area contributed by atoms with Gasteiger partial charge in [0.2, 0.25) is 0 Å². The minimum absolute atomic E-state index is 0.399. The number of methoxy groups -OCH3 is 1. The molecule has 0 saturated carbocycles. The number of hydrogen-bond donors (Lipinski definition) is 1. The molecule has 0 saturated heterocycles. The molecule has 0 unspecified atom stereocenters. The van der Waals surface area contributed by atoms with Gasteiger partial charge in [0.05, 0.1) is 18.2 Å². The number of para-hydroxylation sites is 1. The molecule has 30 heavy (non-hydrogen) atoms. The molecule has 4 rings (SSSR count). The lowest BCUT2D eigenvalue weighted by Gasteiger charge is -2.21. The Hall–Kier alpha value is -3.41. The number of benzene rings is 2. The molecule has 0 aliphatic heterocycles. The fraction of sp³-hybridized carbons (Fsp3) is 0.292. The standard InChI is InChI=1S/C24H24N2O4/c1-15(23(27)25-16-8-7-9-17(14-16)29-2)30-24(28)22-18-10-3-5-12-20(18)26-21-13-6-4-11-19(21)22/h3,5,7-10,12,14-15H,4,6,11,13H2,1-2H3,(H,25,27)/t15-/m0/s1. The number of anilines is 1. The minimum Gasteiger partial charge on any atom is -0.497 e. The SMILES string of the molecule is COc1cccc(NC(=O)[C@H](C)OC(=O)c2c3c(nc4ccccc24)CCCC3)c1. The number of carbonyl (C=O) groups is 2. The van der Waals surface area contributed by atoms with E-state index in [4.69, 9.17) is 14.5 Å². The van der Waals surface area contributed by atoms with E-state index in [-0.39, 0.29) is 0 Å². The van der Waals surface area contributed by atoms with E-state index in [9.17, 15) is 9.59 Å². The van der Waals surface area contributed by atoms with Gasteiger partial charge in [-0.15, -0.1) is 0 Å². The van der Waals surface area contributed by atoms with Crippen molar-refractivity contribution in [2.75, 3.05) is 12.4 Å². The normalized spacial score (nSPS) is 13.9. The molecule has 1 N–H and O–H groups in total. The van der Waals surface area contributed by atoms with Crippen LogP contribution in [0.1, 0.15) is 41.4 Å². The second-order valence-corrected chi connectivity index (χ2v) is 7.41. The Morgan fingerprint density at radius 1 is 1.07 bits per heavy atom. The van der Waals surface area contributed by atoms with Crippen molar-refractivity contribution in [3.05, 3.63) is 65.4 Å². The van der Waals surface area contributed by atoms with Crippen LogP contribution in [0.3, 0.4) is 0 Å². The Morgan fingerprint density at radius 2 is 1.87 bits per heavy atom. The molecular formula is C24H24N2O4. The molecule has 0 spiro atoms. The third-order valence-corrected chi connectivity index (χ3v) is 5.36. The number of esters is 1. The molecule has 0 bridgehead atoms. The highest BCUT2D eigenvalue weighted by Gasteiger charge is 2.26. The van der Waals surface area contributed by atoms with Gasteiger partial charge in [0.1, 0.15) is 5.75 Å². The highest BCUT2D eigenvalue weighted by molar-refractivity contribution is 6.06. The van der Waals surface area contributed by atoms with Crippen LogP contribution in [-0.2, 0) is 22.4 Å². The molecule has 1 aliphatic carbocycles. The molecule has 1 aromatic heterocycles. The number of rotatable bonds is 5. The van der Waals surface area contributed by atoms with Crippen LogP contribution in [0.2, 0.25) is 0 Å². The van der Waals surface area contributed by atoms with Gasteiger partial charge in [-0.2, -0.15) is 0 Å². The highest BCUT2D eigenvalue weighted by Crippen LogP contribution is 2.30. The summed E-state index contributed by atoms with van der Waals surface area (Å²) in [6.45, 7) is 1.57. The van der Waals surface area contributed by atoms with E-state index >= 15 is 0 Å². The van der Waals surface area contributed by atoms with Crippen molar-refractivity contribution in [3.8, 4) is 5.75 Å². The van der Waals surface area contributed by atoms with Crippen LogP contribution in [0.25, 0.3) is 10.9 Å². The number of carbonyl (C=O) groups excluding carboxylic acids is 2. The molecule has 3 aromatic rings. The molecule has 154 valence electrons. The summed E-state index contributed by atoms with van der Waals surface area (Å²) in [5.41, 5.74) is 3.80. The van der Waals surface area contributed by atoms with E-state index in [1.165, 1.54) is 0 Å². The van der Waals surface area contributed by atoms with Crippen molar-refractivity contribution < 1.29 is 19.1 Å². The second-order valence-electron chi connectivity index (χ2n) is 7.41. The van der Waals surface area contributed by atoms with Crippen LogP contribution in [0.5, 0.6) is 5.75 Å². The average Bonchev–Trinajstić information content (AvgIpc) is 2.77. The van der Waals surface area contributed by atoms with Crippen molar-refractivity contribution >= 4 is 28.5 Å². The Morgan fingerprint density at radius 3 is 2.70 bits per heavy atom. The Kier molecular flexibility index (Phi) is 5.65. The first-order valence-electron chi connectivity index (χ1n) is 10.1. The van der Waals surface area contributed by atoms with Crippen LogP contribution in [0.4, 0.5) is 5.69 Å². The first kappa shape index (κ1) is 19.9. The van der Waals surface area contributed by atoms with Crippen molar-refractivity contribution in [2.24, 2.45) is 0 Å². The fourth-order valence-electron chi connectivity index (χ4n) is 3.82. The van der Waals surface area contributed by atoms with Gasteiger partial charge < -0.3 is 14.8 Å². The predicted octanol–water partition coefficient (Wildman–Crippen LogP) is 4.31. The molecule has 0 radical (unpaired) electrons. The third kappa shape index (κ3) is 3.99. The number of nitrogens with one attached hydrogen (secondary N) is 1. The molecule has 0 fully saturated rings. The predicted molar refractivity (Wildman–Crippen MR) is 115 cm³/mol. The van der Waals surface area contributed by atoms with Gasteiger partial charge in [0, 0.05) is 22.8 Å². The maximum atomic E-state index is 13.1. The molecule has 1 heterocycles. The van der Waals surface area contributed by atoms with Gasteiger partial charge in [-0.05, 0) is 56.4 Å². The number of aryl methyl sites for hydroxylation is 1. The van der Waals surface area contributed by atoms with Gasteiger partial charge in [0.15, 0.2) is 6.10 Å². The largest absolute Gasteiger partial charge is 0.497 e. The molecule has 1 aliphatic rings. The van der Waals surface area contributed by atoms with Crippen LogP contribution < -0.4 is 10.1 Å². The minimum atomic E-state index is -0.949. The second kappa shape index (κ2) is 8.53. The maximum absolute atomic E-state index is 13.1.